The van der Waals surface area contributed by atoms with Crippen molar-refractivity contribution in [1.82, 2.24) is 0 Å². The first-order chi connectivity index (χ1) is 4.99. The lowest BCUT2D eigenvalue weighted by Crippen LogP contribution is -1.94. The van der Waals surface area contributed by atoms with Gasteiger partial charge in [-0.15, -0.1) is 6.58 Å². The van der Waals surface area contributed by atoms with Crippen molar-refractivity contribution in [1.29, 1.82) is 0 Å². The molecule has 5 heteroatoms. The predicted molar refractivity (Wildman–Crippen MR) is 40.5 cm³/mol. The molecular formula is C6H8O4S. The fourth-order valence-corrected chi connectivity index (χ4v) is 1.02. The van der Waals surface area contributed by atoms with Crippen LogP contribution in [0.25, 0.3) is 0 Å². The largest absolute Gasteiger partial charge is 0.298 e. The summed E-state index contributed by atoms with van der Waals surface area (Å²) in [5.74, 6) is 0. The van der Waals surface area contributed by atoms with Gasteiger partial charge in [0.05, 0.1) is 5.41 Å². The van der Waals surface area contributed by atoms with Gasteiger partial charge in [-0.1, -0.05) is 6.08 Å². The van der Waals surface area contributed by atoms with Crippen LogP contribution in [0.3, 0.4) is 0 Å². The summed E-state index contributed by atoms with van der Waals surface area (Å²) < 4.78 is 28.6. The first-order valence-corrected chi connectivity index (χ1v) is 4.24. The van der Waals surface area contributed by atoms with E-state index in [4.69, 9.17) is 4.55 Å². The van der Waals surface area contributed by atoms with Gasteiger partial charge in [0, 0.05) is 5.57 Å². The molecule has 0 rings (SSSR count). The van der Waals surface area contributed by atoms with Crippen molar-refractivity contribution in [3.8, 4) is 0 Å². The van der Waals surface area contributed by atoms with E-state index in [1.54, 1.807) is 0 Å². The lowest BCUT2D eigenvalue weighted by molar-refractivity contribution is -0.105. The molecule has 0 bridgehead atoms. The fraction of sp³-hybridized carbons (Fsp3) is 0.167. The molecule has 4 nitrogen and oxygen atoms in total. The van der Waals surface area contributed by atoms with Crippen molar-refractivity contribution in [2.75, 3.05) is 0 Å². The van der Waals surface area contributed by atoms with Crippen LogP contribution < -0.4 is 0 Å². The van der Waals surface area contributed by atoms with Crippen molar-refractivity contribution < 1.29 is 17.8 Å². The quantitative estimate of drug-likeness (QED) is 0.293. The third kappa shape index (κ3) is 5.50. The number of rotatable bonds is 4. The Morgan fingerprint density at radius 1 is 1.55 bits per heavy atom. The van der Waals surface area contributed by atoms with Gasteiger partial charge >= 0.3 is 0 Å². The van der Waals surface area contributed by atoms with Gasteiger partial charge < -0.3 is 0 Å². The van der Waals surface area contributed by atoms with Crippen molar-refractivity contribution in [2.24, 2.45) is 0 Å². The normalized spacial score (nSPS) is 12.6. The smallest absolute Gasteiger partial charge is 0.287 e. The van der Waals surface area contributed by atoms with Gasteiger partial charge in [-0.3, -0.25) is 9.35 Å². The highest BCUT2D eigenvalue weighted by molar-refractivity contribution is 7.88. The zero-order valence-electron chi connectivity index (χ0n) is 5.73. The molecule has 0 spiro atoms. The van der Waals surface area contributed by atoms with Gasteiger partial charge in [-0.25, -0.2) is 0 Å². The summed E-state index contributed by atoms with van der Waals surface area (Å²) in [4.78, 5) is 10.1. The number of hydrogen-bond acceptors (Lipinski definition) is 3. The molecule has 0 radical (unpaired) electrons. The molecule has 0 unspecified atom stereocenters. The van der Waals surface area contributed by atoms with E-state index < -0.39 is 10.1 Å². The number of aldehydes is 1. The highest BCUT2D eigenvalue weighted by Gasteiger charge is 2.01. The lowest BCUT2D eigenvalue weighted by Gasteiger charge is -1.90. The highest BCUT2D eigenvalue weighted by atomic mass is 32.2. The van der Waals surface area contributed by atoms with Gasteiger partial charge in [0.2, 0.25) is 0 Å². The molecule has 0 saturated heterocycles. The standard InChI is InChI=1S/C6H8O4S/c1-2-3-6(4-7)5-11(8,9)10/h2,4-5H,1,3H2,(H,8,9,10). The molecule has 0 amide bonds. The van der Waals surface area contributed by atoms with E-state index >= 15 is 0 Å². The average molecular weight is 176 g/mol. The average Bonchev–Trinajstić information content (AvgIpc) is 1.84. The summed E-state index contributed by atoms with van der Waals surface area (Å²) in [6.45, 7) is 3.30. The summed E-state index contributed by atoms with van der Waals surface area (Å²) in [5, 5.41) is 0.502. The molecule has 0 aromatic heterocycles. The van der Waals surface area contributed by atoms with Crippen molar-refractivity contribution in [3.63, 3.8) is 0 Å². The van der Waals surface area contributed by atoms with Crippen LogP contribution in [-0.4, -0.2) is 19.3 Å². The topological polar surface area (TPSA) is 71.4 Å². The second kappa shape index (κ2) is 4.05. The molecule has 0 fully saturated rings. The minimum absolute atomic E-state index is 0.0255. The number of hydrogen-bond donors (Lipinski definition) is 1. The lowest BCUT2D eigenvalue weighted by atomic mass is 10.2. The van der Waals surface area contributed by atoms with Crippen LogP contribution in [0.15, 0.2) is 23.6 Å². The zero-order valence-corrected chi connectivity index (χ0v) is 6.54. The number of carbonyl (C=O) groups excluding carboxylic acids is 1. The third-order valence-corrected chi connectivity index (χ3v) is 1.43. The van der Waals surface area contributed by atoms with E-state index in [-0.39, 0.29) is 12.0 Å². The molecule has 0 aliphatic rings. The van der Waals surface area contributed by atoms with E-state index in [1.165, 1.54) is 6.08 Å². The molecule has 0 aliphatic carbocycles. The van der Waals surface area contributed by atoms with Crippen molar-refractivity contribution >= 4 is 16.4 Å². The Labute approximate surface area is 65.0 Å². The molecule has 62 valence electrons. The summed E-state index contributed by atoms with van der Waals surface area (Å²) in [6, 6.07) is 0. The second-order valence-corrected chi connectivity index (χ2v) is 3.08. The molecule has 1 N–H and O–H groups in total. The first kappa shape index (κ1) is 10.1. The van der Waals surface area contributed by atoms with Crippen LogP contribution in [0.2, 0.25) is 0 Å². The molecule has 0 aliphatic heterocycles. The first-order valence-electron chi connectivity index (χ1n) is 2.73. The summed E-state index contributed by atoms with van der Waals surface area (Å²) in [5.41, 5.74) is -0.0255. The maximum absolute atomic E-state index is 10.2. The monoisotopic (exact) mass is 176 g/mol. The fourth-order valence-electron chi connectivity index (χ4n) is 0.482. The van der Waals surface area contributed by atoms with E-state index in [0.29, 0.717) is 11.7 Å². The minimum Gasteiger partial charge on any atom is -0.298 e. The van der Waals surface area contributed by atoms with E-state index in [9.17, 15) is 13.2 Å². The summed E-state index contributed by atoms with van der Waals surface area (Å²) in [6.07, 6.45) is 1.85. The van der Waals surface area contributed by atoms with E-state index in [1.807, 2.05) is 0 Å². The van der Waals surface area contributed by atoms with Crippen LogP contribution in [0.4, 0.5) is 0 Å². The predicted octanol–water partition coefficient (Wildman–Crippen LogP) is 0.533. The zero-order chi connectivity index (χ0) is 8.91. The van der Waals surface area contributed by atoms with Crippen LogP contribution >= 0.6 is 0 Å². The highest BCUT2D eigenvalue weighted by Crippen LogP contribution is 2.00. The molecular weight excluding hydrogens is 168 g/mol. The molecule has 0 atom stereocenters. The molecule has 11 heavy (non-hydrogen) atoms. The van der Waals surface area contributed by atoms with Crippen LogP contribution in [0, 0.1) is 0 Å². The number of carbonyl (C=O) groups is 1. The van der Waals surface area contributed by atoms with Crippen LogP contribution in [0.5, 0.6) is 0 Å². The Morgan fingerprint density at radius 3 is 2.36 bits per heavy atom. The Hall–Kier alpha value is -0.940. The maximum Gasteiger partial charge on any atom is 0.287 e. The maximum atomic E-state index is 10.2. The Bertz CT molecular complexity index is 273. The van der Waals surface area contributed by atoms with E-state index in [2.05, 4.69) is 6.58 Å². The molecule has 0 heterocycles. The van der Waals surface area contributed by atoms with Gasteiger partial charge in [-0.2, -0.15) is 8.42 Å². The van der Waals surface area contributed by atoms with Gasteiger partial charge in [0.15, 0.2) is 0 Å². The Morgan fingerprint density at radius 2 is 2.09 bits per heavy atom. The van der Waals surface area contributed by atoms with Gasteiger partial charge in [-0.05, 0) is 6.42 Å². The summed E-state index contributed by atoms with van der Waals surface area (Å²) in [7, 11) is -4.20. The van der Waals surface area contributed by atoms with Gasteiger partial charge in [0.1, 0.15) is 6.29 Å². The Balaban J connectivity index is 4.62. The SMILES string of the molecule is C=CCC(C=O)=CS(=O)(=O)O. The minimum atomic E-state index is -4.20. The second-order valence-electron chi connectivity index (χ2n) is 1.82. The van der Waals surface area contributed by atoms with Crippen molar-refractivity contribution in [2.45, 2.75) is 6.42 Å². The third-order valence-electron chi connectivity index (χ3n) is 0.832. The van der Waals surface area contributed by atoms with E-state index in [0.717, 1.165) is 0 Å². The molecule has 0 aromatic carbocycles. The molecule has 0 aromatic rings. The van der Waals surface area contributed by atoms with Crippen LogP contribution in [0.1, 0.15) is 6.42 Å². The molecule has 0 saturated carbocycles. The van der Waals surface area contributed by atoms with Gasteiger partial charge in [0.25, 0.3) is 10.1 Å². The summed E-state index contributed by atoms with van der Waals surface area (Å²) >= 11 is 0. The number of allylic oxidation sites excluding steroid dienone is 2. The van der Waals surface area contributed by atoms with Crippen LogP contribution in [-0.2, 0) is 14.9 Å². The van der Waals surface area contributed by atoms with Crippen molar-refractivity contribution in [3.05, 3.63) is 23.6 Å². The Kier molecular flexibility index (Phi) is 3.70.